The summed E-state index contributed by atoms with van der Waals surface area (Å²) in [5, 5.41) is 11.8. The molecule has 1 aromatic heterocycles. The van der Waals surface area contributed by atoms with Gasteiger partial charge in [-0.25, -0.2) is 9.89 Å². The average molecular weight is 272 g/mol. The van der Waals surface area contributed by atoms with E-state index in [-0.39, 0.29) is 11.6 Å². The van der Waals surface area contributed by atoms with Crippen LogP contribution in [0.1, 0.15) is 13.3 Å². The lowest BCUT2D eigenvalue weighted by atomic mass is 10.1. The lowest BCUT2D eigenvalue weighted by molar-refractivity contribution is 0.252. The summed E-state index contributed by atoms with van der Waals surface area (Å²) in [7, 11) is 0. The van der Waals surface area contributed by atoms with Crippen LogP contribution in [0.25, 0.3) is 11.3 Å². The van der Waals surface area contributed by atoms with Gasteiger partial charge < -0.3 is 10.6 Å². The van der Waals surface area contributed by atoms with Crippen molar-refractivity contribution >= 4 is 11.7 Å². The minimum atomic E-state index is -0.236. The van der Waals surface area contributed by atoms with Crippen LogP contribution in [0, 0.1) is 0 Å². The predicted molar refractivity (Wildman–Crippen MR) is 77.6 cm³/mol. The van der Waals surface area contributed by atoms with E-state index >= 15 is 0 Å². The lowest BCUT2D eigenvalue weighted by Gasteiger charge is -2.07. The van der Waals surface area contributed by atoms with E-state index in [9.17, 15) is 9.59 Å². The number of aromatic amines is 1. The van der Waals surface area contributed by atoms with E-state index < -0.39 is 0 Å². The Bertz CT molecular complexity index is 614. The molecule has 6 heteroatoms. The molecule has 0 aliphatic rings. The summed E-state index contributed by atoms with van der Waals surface area (Å²) in [6.07, 6.45) is 0.893. The number of carbonyl (C=O) groups excluding carboxylic acids is 1. The van der Waals surface area contributed by atoms with Crippen LogP contribution in [0.5, 0.6) is 0 Å². The van der Waals surface area contributed by atoms with Gasteiger partial charge in [-0.1, -0.05) is 19.1 Å². The molecule has 0 atom stereocenters. The summed E-state index contributed by atoms with van der Waals surface area (Å²) < 4.78 is 0. The van der Waals surface area contributed by atoms with Crippen molar-refractivity contribution in [2.75, 3.05) is 11.9 Å². The number of nitrogens with one attached hydrogen (secondary N) is 3. The van der Waals surface area contributed by atoms with Gasteiger partial charge in [-0.2, -0.15) is 5.10 Å². The number of amides is 2. The monoisotopic (exact) mass is 272 g/mol. The van der Waals surface area contributed by atoms with Gasteiger partial charge in [-0.3, -0.25) is 4.79 Å². The first-order valence-electron chi connectivity index (χ1n) is 6.40. The summed E-state index contributed by atoms with van der Waals surface area (Å²) in [5.41, 5.74) is 2.00. The second-order valence-electron chi connectivity index (χ2n) is 4.26. The third kappa shape index (κ3) is 3.68. The average Bonchev–Trinajstić information content (AvgIpc) is 2.47. The molecular weight excluding hydrogens is 256 g/mol. The SMILES string of the molecule is CCCNC(=O)Nc1ccc(-c2ccc(=O)[nH]n2)cc1. The Kier molecular flexibility index (Phi) is 4.49. The summed E-state index contributed by atoms with van der Waals surface area (Å²) in [5.74, 6) is 0. The number of carbonyl (C=O) groups is 1. The van der Waals surface area contributed by atoms with E-state index in [0.29, 0.717) is 17.9 Å². The fourth-order valence-corrected chi connectivity index (χ4v) is 1.64. The third-order valence-corrected chi connectivity index (χ3v) is 2.65. The quantitative estimate of drug-likeness (QED) is 0.795. The molecule has 0 radical (unpaired) electrons. The Balaban J connectivity index is 2.04. The molecular formula is C14H16N4O2. The molecule has 1 heterocycles. The topological polar surface area (TPSA) is 86.9 Å². The van der Waals surface area contributed by atoms with Crippen molar-refractivity contribution in [3.05, 3.63) is 46.8 Å². The molecule has 6 nitrogen and oxygen atoms in total. The molecule has 0 saturated heterocycles. The Morgan fingerprint density at radius 3 is 2.55 bits per heavy atom. The van der Waals surface area contributed by atoms with Gasteiger partial charge in [-0.15, -0.1) is 0 Å². The molecule has 20 heavy (non-hydrogen) atoms. The summed E-state index contributed by atoms with van der Waals surface area (Å²) in [6, 6.07) is 10.1. The van der Waals surface area contributed by atoms with E-state index in [1.165, 1.54) is 6.07 Å². The van der Waals surface area contributed by atoms with Gasteiger partial charge in [-0.05, 0) is 24.6 Å². The zero-order chi connectivity index (χ0) is 14.4. The predicted octanol–water partition coefficient (Wildman–Crippen LogP) is 1.97. The largest absolute Gasteiger partial charge is 0.338 e. The molecule has 0 spiro atoms. The number of hydrogen-bond donors (Lipinski definition) is 3. The molecule has 0 aliphatic carbocycles. The van der Waals surface area contributed by atoms with Crippen molar-refractivity contribution in [3.8, 4) is 11.3 Å². The standard InChI is InChI=1S/C14H16N4O2/c1-2-9-15-14(20)16-11-5-3-10(4-6-11)12-7-8-13(19)18-17-12/h3-8H,2,9H2,1H3,(H,18,19)(H2,15,16,20). The van der Waals surface area contributed by atoms with Gasteiger partial charge >= 0.3 is 6.03 Å². The molecule has 0 aliphatic heterocycles. The number of H-pyrrole nitrogens is 1. The summed E-state index contributed by atoms with van der Waals surface area (Å²) in [4.78, 5) is 22.4. The highest BCUT2D eigenvalue weighted by molar-refractivity contribution is 5.89. The first kappa shape index (κ1) is 13.8. The molecule has 0 unspecified atom stereocenters. The van der Waals surface area contributed by atoms with Gasteiger partial charge in [0.15, 0.2) is 0 Å². The maximum atomic E-state index is 11.5. The molecule has 2 aromatic rings. The fraction of sp³-hybridized carbons (Fsp3) is 0.214. The van der Waals surface area contributed by atoms with Crippen LogP contribution in [-0.2, 0) is 0 Å². The first-order valence-corrected chi connectivity index (χ1v) is 6.40. The van der Waals surface area contributed by atoms with Gasteiger partial charge in [0.25, 0.3) is 5.56 Å². The van der Waals surface area contributed by atoms with Crippen molar-refractivity contribution in [2.45, 2.75) is 13.3 Å². The number of rotatable bonds is 4. The normalized spacial score (nSPS) is 10.1. The van der Waals surface area contributed by atoms with Crippen molar-refractivity contribution in [2.24, 2.45) is 0 Å². The molecule has 1 aromatic carbocycles. The van der Waals surface area contributed by atoms with E-state index in [2.05, 4.69) is 20.8 Å². The van der Waals surface area contributed by atoms with Gasteiger partial charge in [0.1, 0.15) is 0 Å². The smallest absolute Gasteiger partial charge is 0.319 e. The van der Waals surface area contributed by atoms with Crippen LogP contribution in [-0.4, -0.2) is 22.8 Å². The molecule has 104 valence electrons. The molecule has 2 amide bonds. The molecule has 0 saturated carbocycles. The number of benzene rings is 1. The number of hydrogen-bond acceptors (Lipinski definition) is 3. The summed E-state index contributed by atoms with van der Waals surface area (Å²) in [6.45, 7) is 2.64. The minimum absolute atomic E-state index is 0.221. The Hall–Kier alpha value is -2.63. The van der Waals surface area contributed by atoms with Crippen molar-refractivity contribution in [3.63, 3.8) is 0 Å². The minimum Gasteiger partial charge on any atom is -0.338 e. The number of urea groups is 1. The highest BCUT2D eigenvalue weighted by Gasteiger charge is 2.02. The van der Waals surface area contributed by atoms with Crippen LogP contribution < -0.4 is 16.2 Å². The fourth-order valence-electron chi connectivity index (χ4n) is 1.64. The third-order valence-electron chi connectivity index (χ3n) is 2.65. The Morgan fingerprint density at radius 2 is 1.95 bits per heavy atom. The van der Waals surface area contributed by atoms with Crippen LogP contribution in [0.15, 0.2) is 41.2 Å². The lowest BCUT2D eigenvalue weighted by Crippen LogP contribution is -2.29. The zero-order valence-corrected chi connectivity index (χ0v) is 11.1. The molecule has 0 fully saturated rings. The van der Waals surface area contributed by atoms with Crippen LogP contribution >= 0.6 is 0 Å². The maximum absolute atomic E-state index is 11.5. The highest BCUT2D eigenvalue weighted by Crippen LogP contribution is 2.18. The van der Waals surface area contributed by atoms with Crippen LogP contribution in [0.4, 0.5) is 10.5 Å². The highest BCUT2D eigenvalue weighted by atomic mass is 16.2. The van der Waals surface area contributed by atoms with Crippen LogP contribution in [0.3, 0.4) is 0 Å². The zero-order valence-electron chi connectivity index (χ0n) is 11.1. The van der Waals surface area contributed by atoms with Crippen LogP contribution in [0.2, 0.25) is 0 Å². The molecule has 2 rings (SSSR count). The van der Waals surface area contributed by atoms with E-state index in [4.69, 9.17) is 0 Å². The summed E-state index contributed by atoms with van der Waals surface area (Å²) >= 11 is 0. The van der Waals surface area contributed by atoms with Crippen molar-refractivity contribution < 1.29 is 4.79 Å². The number of anilines is 1. The second-order valence-corrected chi connectivity index (χ2v) is 4.26. The maximum Gasteiger partial charge on any atom is 0.319 e. The van der Waals surface area contributed by atoms with E-state index in [0.717, 1.165) is 12.0 Å². The van der Waals surface area contributed by atoms with Crippen molar-refractivity contribution in [1.82, 2.24) is 15.5 Å². The second kappa shape index (κ2) is 6.51. The molecule has 3 N–H and O–H groups in total. The van der Waals surface area contributed by atoms with Gasteiger partial charge in [0, 0.05) is 23.9 Å². The van der Waals surface area contributed by atoms with Gasteiger partial charge in [0.2, 0.25) is 0 Å². The Morgan fingerprint density at radius 1 is 1.20 bits per heavy atom. The number of aromatic nitrogens is 2. The van der Waals surface area contributed by atoms with E-state index in [1.807, 2.05) is 19.1 Å². The van der Waals surface area contributed by atoms with Crippen molar-refractivity contribution in [1.29, 1.82) is 0 Å². The van der Waals surface area contributed by atoms with E-state index in [1.54, 1.807) is 18.2 Å². The molecule has 0 bridgehead atoms. The number of nitrogens with zero attached hydrogens (tertiary/aromatic N) is 1. The first-order chi connectivity index (χ1) is 9.69. The van der Waals surface area contributed by atoms with Gasteiger partial charge in [0.05, 0.1) is 5.69 Å². The Labute approximate surface area is 116 Å².